The fraction of sp³-hybridized carbons (Fsp3) is 0.333. The zero-order valence-electron chi connectivity index (χ0n) is 7.78. The molecule has 0 heterocycles. The van der Waals surface area contributed by atoms with Gasteiger partial charge in [0, 0.05) is 21.1 Å². The zero-order valence-corrected chi connectivity index (χ0v) is 7.78. The molecule has 0 aliphatic carbocycles. The van der Waals surface area contributed by atoms with Gasteiger partial charge < -0.3 is 0 Å². The van der Waals surface area contributed by atoms with Crippen molar-refractivity contribution in [3.8, 4) is 0 Å². The molecule has 3 nitrogen and oxygen atoms in total. The predicted molar refractivity (Wildman–Crippen MR) is 51.7 cm³/mol. The van der Waals surface area contributed by atoms with Crippen molar-refractivity contribution in [3.05, 3.63) is 30.3 Å². The molecule has 1 rings (SSSR count). The molecule has 0 unspecified atom stereocenters. The largest absolute Gasteiger partial charge is 0.298 e. The van der Waals surface area contributed by atoms with Crippen molar-refractivity contribution in [2.45, 2.75) is 0 Å². The van der Waals surface area contributed by atoms with Crippen LogP contribution in [0.5, 0.6) is 0 Å². The molecule has 1 aromatic rings. The number of rotatable bonds is 3. The SMILES string of the molecule is CN(C)NN(C)c1ccccc1. The lowest BCUT2D eigenvalue weighted by Crippen LogP contribution is -2.43. The Bertz CT molecular complexity index is 220. The summed E-state index contributed by atoms with van der Waals surface area (Å²) < 4.78 is 0. The van der Waals surface area contributed by atoms with E-state index in [2.05, 4.69) is 17.7 Å². The number of hydrazine groups is 2. The summed E-state index contributed by atoms with van der Waals surface area (Å²) in [5, 5.41) is 3.85. The first kappa shape index (κ1) is 9.03. The van der Waals surface area contributed by atoms with Gasteiger partial charge in [0.15, 0.2) is 0 Å². The molecule has 0 atom stereocenters. The quantitative estimate of drug-likeness (QED) is 0.677. The second-order valence-electron chi connectivity index (χ2n) is 2.89. The van der Waals surface area contributed by atoms with E-state index >= 15 is 0 Å². The van der Waals surface area contributed by atoms with Gasteiger partial charge in [0.1, 0.15) is 0 Å². The van der Waals surface area contributed by atoms with Crippen molar-refractivity contribution in [1.82, 2.24) is 10.5 Å². The van der Waals surface area contributed by atoms with E-state index in [9.17, 15) is 0 Å². The molecule has 3 heteroatoms. The lowest BCUT2D eigenvalue weighted by atomic mass is 10.3. The van der Waals surface area contributed by atoms with E-state index in [1.165, 1.54) is 0 Å². The fourth-order valence-corrected chi connectivity index (χ4v) is 1.01. The Balaban J connectivity index is 2.59. The Morgan fingerprint density at radius 1 is 1.00 bits per heavy atom. The number of anilines is 1. The molecular weight excluding hydrogens is 150 g/mol. The van der Waals surface area contributed by atoms with Gasteiger partial charge in [-0.15, -0.1) is 0 Å². The summed E-state index contributed by atoms with van der Waals surface area (Å²) in [6.45, 7) is 0. The summed E-state index contributed by atoms with van der Waals surface area (Å²) in [5.41, 5.74) is 4.27. The Morgan fingerprint density at radius 2 is 1.58 bits per heavy atom. The van der Waals surface area contributed by atoms with Gasteiger partial charge in [0.2, 0.25) is 0 Å². The van der Waals surface area contributed by atoms with Crippen LogP contribution in [0, 0.1) is 0 Å². The summed E-state index contributed by atoms with van der Waals surface area (Å²) >= 11 is 0. The van der Waals surface area contributed by atoms with Crippen LogP contribution in [0.25, 0.3) is 0 Å². The van der Waals surface area contributed by atoms with E-state index in [4.69, 9.17) is 0 Å². The maximum absolute atomic E-state index is 3.13. The normalized spacial score (nSPS) is 10.3. The monoisotopic (exact) mass is 165 g/mol. The van der Waals surface area contributed by atoms with Crippen molar-refractivity contribution in [2.24, 2.45) is 0 Å². The molecule has 12 heavy (non-hydrogen) atoms. The topological polar surface area (TPSA) is 18.5 Å². The Morgan fingerprint density at radius 3 is 2.08 bits per heavy atom. The van der Waals surface area contributed by atoms with E-state index in [1.807, 2.05) is 49.4 Å². The number of nitrogens with zero attached hydrogens (tertiary/aromatic N) is 2. The second kappa shape index (κ2) is 4.09. The van der Waals surface area contributed by atoms with E-state index in [0.717, 1.165) is 5.69 Å². The van der Waals surface area contributed by atoms with Crippen LogP contribution in [0.1, 0.15) is 0 Å². The molecule has 0 aromatic heterocycles. The number of para-hydroxylation sites is 1. The van der Waals surface area contributed by atoms with Crippen LogP contribution >= 0.6 is 0 Å². The first-order valence-corrected chi connectivity index (χ1v) is 3.92. The average Bonchev–Trinajstić information content (AvgIpc) is 2.05. The number of benzene rings is 1. The molecule has 0 radical (unpaired) electrons. The van der Waals surface area contributed by atoms with Crippen molar-refractivity contribution < 1.29 is 0 Å². The van der Waals surface area contributed by atoms with Gasteiger partial charge in [-0.2, -0.15) is 5.53 Å². The van der Waals surface area contributed by atoms with E-state index in [1.54, 1.807) is 0 Å². The summed E-state index contributed by atoms with van der Waals surface area (Å²) in [5.74, 6) is 0. The molecular formula is C9H15N3. The van der Waals surface area contributed by atoms with Crippen LogP contribution in [0.15, 0.2) is 30.3 Å². The maximum atomic E-state index is 3.13. The van der Waals surface area contributed by atoms with Crippen molar-refractivity contribution in [2.75, 3.05) is 26.2 Å². The van der Waals surface area contributed by atoms with Gasteiger partial charge in [-0.05, 0) is 12.1 Å². The molecule has 0 fully saturated rings. The maximum Gasteiger partial charge on any atom is 0.0530 e. The van der Waals surface area contributed by atoms with Crippen molar-refractivity contribution >= 4 is 5.69 Å². The van der Waals surface area contributed by atoms with Crippen molar-refractivity contribution in [3.63, 3.8) is 0 Å². The molecule has 0 amide bonds. The van der Waals surface area contributed by atoms with E-state index in [0.29, 0.717) is 0 Å². The summed E-state index contributed by atoms with van der Waals surface area (Å²) in [4.78, 5) is 0. The Hall–Kier alpha value is -1.06. The molecule has 1 N–H and O–H groups in total. The molecule has 0 aliphatic heterocycles. The molecule has 0 bridgehead atoms. The minimum Gasteiger partial charge on any atom is -0.298 e. The highest BCUT2D eigenvalue weighted by Crippen LogP contribution is 2.07. The highest BCUT2D eigenvalue weighted by Gasteiger charge is 1.97. The molecule has 0 aliphatic rings. The van der Waals surface area contributed by atoms with Crippen LogP contribution in [0.2, 0.25) is 0 Å². The first-order chi connectivity index (χ1) is 5.70. The van der Waals surface area contributed by atoms with Gasteiger partial charge >= 0.3 is 0 Å². The minimum atomic E-state index is 1.14. The summed E-state index contributed by atoms with van der Waals surface area (Å²) in [6.07, 6.45) is 0. The molecule has 0 spiro atoms. The van der Waals surface area contributed by atoms with Gasteiger partial charge in [-0.25, -0.2) is 5.01 Å². The summed E-state index contributed by atoms with van der Waals surface area (Å²) in [7, 11) is 5.90. The van der Waals surface area contributed by atoms with Gasteiger partial charge in [-0.1, -0.05) is 18.2 Å². The van der Waals surface area contributed by atoms with E-state index in [-0.39, 0.29) is 0 Å². The van der Waals surface area contributed by atoms with Gasteiger partial charge in [0.25, 0.3) is 0 Å². The summed E-state index contributed by atoms with van der Waals surface area (Å²) in [6, 6.07) is 10.1. The van der Waals surface area contributed by atoms with Crippen LogP contribution < -0.4 is 10.5 Å². The molecule has 1 aromatic carbocycles. The third kappa shape index (κ3) is 2.53. The van der Waals surface area contributed by atoms with Gasteiger partial charge in [0.05, 0.1) is 5.69 Å². The minimum absolute atomic E-state index is 1.14. The van der Waals surface area contributed by atoms with Crippen LogP contribution in [0.4, 0.5) is 5.69 Å². The zero-order chi connectivity index (χ0) is 8.97. The van der Waals surface area contributed by atoms with Crippen LogP contribution in [-0.4, -0.2) is 26.2 Å². The molecule has 66 valence electrons. The lowest BCUT2D eigenvalue weighted by molar-refractivity contribution is 0.285. The molecule has 0 saturated heterocycles. The van der Waals surface area contributed by atoms with Crippen LogP contribution in [-0.2, 0) is 0 Å². The molecule has 0 saturated carbocycles. The Kier molecular flexibility index (Phi) is 3.08. The fourth-order valence-electron chi connectivity index (χ4n) is 1.01. The van der Waals surface area contributed by atoms with Gasteiger partial charge in [-0.3, -0.25) is 5.01 Å². The average molecular weight is 165 g/mol. The number of hydrogen-bond acceptors (Lipinski definition) is 3. The third-order valence-electron chi connectivity index (χ3n) is 1.49. The first-order valence-electron chi connectivity index (χ1n) is 3.92. The highest BCUT2D eigenvalue weighted by molar-refractivity contribution is 5.43. The third-order valence-corrected chi connectivity index (χ3v) is 1.49. The van der Waals surface area contributed by atoms with E-state index < -0.39 is 0 Å². The smallest absolute Gasteiger partial charge is 0.0530 e. The standard InChI is InChI=1S/C9H15N3/c1-11(2)10-12(3)9-7-5-4-6-8-9/h4-8,10H,1-3H3. The van der Waals surface area contributed by atoms with Crippen molar-refractivity contribution in [1.29, 1.82) is 0 Å². The lowest BCUT2D eigenvalue weighted by Gasteiger charge is -2.24. The highest BCUT2D eigenvalue weighted by atomic mass is 15.7. The number of nitrogens with one attached hydrogen (secondary N) is 1. The predicted octanol–water partition coefficient (Wildman–Crippen LogP) is 1.10. The Labute approximate surface area is 73.5 Å². The number of hydrogen-bond donors (Lipinski definition) is 1. The van der Waals surface area contributed by atoms with Crippen LogP contribution in [0.3, 0.4) is 0 Å². The second-order valence-corrected chi connectivity index (χ2v) is 2.89.